The zero-order valence-corrected chi connectivity index (χ0v) is 11.9. The van der Waals surface area contributed by atoms with Gasteiger partial charge in [0.1, 0.15) is 5.82 Å². The third kappa shape index (κ3) is 4.11. The first-order valence-electron chi connectivity index (χ1n) is 5.59. The van der Waals surface area contributed by atoms with Gasteiger partial charge in [-0.2, -0.15) is 0 Å². The van der Waals surface area contributed by atoms with Crippen LogP contribution in [0, 0.1) is 11.2 Å². The van der Waals surface area contributed by atoms with E-state index in [9.17, 15) is 9.18 Å². The summed E-state index contributed by atoms with van der Waals surface area (Å²) < 4.78 is 13.4. The first-order chi connectivity index (χ1) is 7.85. The fourth-order valence-electron chi connectivity index (χ4n) is 1.21. The second kappa shape index (κ2) is 5.63. The lowest BCUT2D eigenvalue weighted by atomic mass is 9.90. The van der Waals surface area contributed by atoms with Crippen molar-refractivity contribution in [2.24, 2.45) is 5.41 Å². The van der Waals surface area contributed by atoms with E-state index in [0.29, 0.717) is 16.6 Å². The van der Waals surface area contributed by atoms with Crippen LogP contribution in [-0.4, -0.2) is 12.5 Å². The average molecular weight is 302 g/mol. The van der Waals surface area contributed by atoms with E-state index in [1.165, 1.54) is 18.2 Å². The van der Waals surface area contributed by atoms with Crippen LogP contribution in [0.5, 0.6) is 0 Å². The summed E-state index contributed by atoms with van der Waals surface area (Å²) in [6.45, 7) is 6.87. The number of amides is 1. The van der Waals surface area contributed by atoms with Crippen LogP contribution in [0.25, 0.3) is 0 Å². The van der Waals surface area contributed by atoms with Crippen molar-refractivity contribution in [3.8, 4) is 0 Å². The molecule has 0 fully saturated rings. The molecule has 0 radical (unpaired) electrons. The fourth-order valence-corrected chi connectivity index (χ4v) is 1.74. The van der Waals surface area contributed by atoms with Crippen LogP contribution in [0.1, 0.15) is 37.6 Å². The van der Waals surface area contributed by atoms with Gasteiger partial charge in [0.25, 0.3) is 5.91 Å². The van der Waals surface area contributed by atoms with Crippen molar-refractivity contribution in [1.82, 2.24) is 5.32 Å². The number of rotatable bonds is 4. The van der Waals surface area contributed by atoms with Gasteiger partial charge in [0.05, 0.1) is 5.56 Å². The molecule has 0 aliphatic rings. The lowest BCUT2D eigenvalue weighted by Crippen LogP contribution is -2.33. The van der Waals surface area contributed by atoms with Crippen molar-refractivity contribution < 1.29 is 9.18 Å². The number of carbonyl (C=O) groups is 1. The molecule has 1 amide bonds. The minimum absolute atomic E-state index is 0.0716. The summed E-state index contributed by atoms with van der Waals surface area (Å²) in [6.07, 6.45) is 0.984. The van der Waals surface area contributed by atoms with Gasteiger partial charge in [0.15, 0.2) is 0 Å². The van der Waals surface area contributed by atoms with Crippen molar-refractivity contribution in [2.75, 3.05) is 6.54 Å². The van der Waals surface area contributed by atoms with Crippen LogP contribution in [-0.2, 0) is 0 Å². The average Bonchev–Trinajstić information content (AvgIpc) is 2.26. The van der Waals surface area contributed by atoms with E-state index in [4.69, 9.17) is 0 Å². The monoisotopic (exact) mass is 301 g/mol. The molecular weight excluding hydrogens is 285 g/mol. The van der Waals surface area contributed by atoms with Gasteiger partial charge in [-0.05, 0) is 46.0 Å². The van der Waals surface area contributed by atoms with E-state index in [1.54, 1.807) is 0 Å². The maximum Gasteiger partial charge on any atom is 0.252 e. The molecule has 0 heterocycles. The smallest absolute Gasteiger partial charge is 0.252 e. The van der Waals surface area contributed by atoms with Crippen LogP contribution >= 0.6 is 15.9 Å². The van der Waals surface area contributed by atoms with Gasteiger partial charge in [0.2, 0.25) is 0 Å². The van der Waals surface area contributed by atoms with Crippen molar-refractivity contribution in [3.63, 3.8) is 0 Å². The predicted octanol–water partition coefficient (Wildman–Crippen LogP) is 3.75. The van der Waals surface area contributed by atoms with Gasteiger partial charge in [-0.25, -0.2) is 4.39 Å². The van der Waals surface area contributed by atoms with E-state index in [-0.39, 0.29) is 17.1 Å². The first kappa shape index (κ1) is 14.2. The molecule has 0 aliphatic heterocycles. The molecule has 1 aromatic carbocycles. The Morgan fingerprint density at radius 3 is 2.65 bits per heavy atom. The molecule has 2 nitrogen and oxygen atoms in total. The number of nitrogens with one attached hydrogen (secondary N) is 1. The molecule has 1 N–H and O–H groups in total. The van der Waals surface area contributed by atoms with Gasteiger partial charge in [0, 0.05) is 11.0 Å². The molecule has 0 bridgehead atoms. The summed E-state index contributed by atoms with van der Waals surface area (Å²) in [7, 11) is 0. The maximum atomic E-state index is 12.9. The number of hydrogen-bond donors (Lipinski definition) is 1. The molecule has 94 valence electrons. The Hall–Kier alpha value is -0.900. The molecule has 0 unspecified atom stereocenters. The zero-order chi connectivity index (χ0) is 13.1. The second-order valence-electron chi connectivity index (χ2n) is 4.82. The highest BCUT2D eigenvalue weighted by molar-refractivity contribution is 9.10. The summed E-state index contributed by atoms with van der Waals surface area (Å²) in [5.41, 5.74) is 0.528. The van der Waals surface area contributed by atoms with Crippen LogP contribution in [0.3, 0.4) is 0 Å². The van der Waals surface area contributed by atoms with Crippen molar-refractivity contribution >= 4 is 21.8 Å². The van der Waals surface area contributed by atoms with Gasteiger partial charge in [-0.15, -0.1) is 0 Å². The summed E-state index contributed by atoms with van der Waals surface area (Å²) in [6, 6.07) is 4.05. The molecule has 0 saturated carbocycles. The number of carbonyl (C=O) groups excluding carboxylic acids is 1. The summed E-state index contributed by atoms with van der Waals surface area (Å²) in [5.74, 6) is -0.541. The SMILES string of the molecule is CCC(C)(C)CNC(=O)c1ccc(F)cc1Br. The Kier molecular flexibility index (Phi) is 4.69. The van der Waals surface area contributed by atoms with E-state index in [2.05, 4.69) is 42.0 Å². The molecule has 1 aromatic rings. The van der Waals surface area contributed by atoms with Gasteiger partial charge < -0.3 is 5.32 Å². The highest BCUT2D eigenvalue weighted by Crippen LogP contribution is 2.20. The van der Waals surface area contributed by atoms with E-state index < -0.39 is 0 Å². The van der Waals surface area contributed by atoms with Gasteiger partial charge >= 0.3 is 0 Å². The summed E-state index contributed by atoms with van der Waals surface area (Å²) >= 11 is 3.18. The molecule has 0 aliphatic carbocycles. The van der Waals surface area contributed by atoms with Crippen LogP contribution in [0.4, 0.5) is 4.39 Å². The summed E-state index contributed by atoms with van der Waals surface area (Å²) in [5, 5.41) is 2.86. The van der Waals surface area contributed by atoms with Gasteiger partial charge in [-0.1, -0.05) is 20.8 Å². The number of benzene rings is 1. The van der Waals surface area contributed by atoms with Crippen LogP contribution < -0.4 is 5.32 Å². The zero-order valence-electron chi connectivity index (χ0n) is 10.3. The number of hydrogen-bond acceptors (Lipinski definition) is 1. The molecule has 1 rings (SSSR count). The quantitative estimate of drug-likeness (QED) is 0.901. The highest BCUT2D eigenvalue weighted by atomic mass is 79.9. The topological polar surface area (TPSA) is 29.1 Å². The third-order valence-corrected chi connectivity index (χ3v) is 3.52. The molecular formula is C13H17BrFNO. The third-order valence-electron chi connectivity index (χ3n) is 2.86. The molecule has 0 atom stereocenters. The minimum atomic E-state index is -0.359. The molecule has 0 spiro atoms. The maximum absolute atomic E-state index is 12.9. The van der Waals surface area contributed by atoms with Crippen molar-refractivity contribution in [2.45, 2.75) is 27.2 Å². The fraction of sp³-hybridized carbons (Fsp3) is 0.462. The standard InChI is InChI=1S/C13H17BrFNO/c1-4-13(2,3)8-16-12(17)10-6-5-9(15)7-11(10)14/h5-7H,4,8H2,1-3H3,(H,16,17). The molecule has 0 saturated heterocycles. The van der Waals surface area contributed by atoms with Crippen molar-refractivity contribution in [1.29, 1.82) is 0 Å². The molecule has 4 heteroatoms. The Bertz CT molecular complexity index is 418. The number of halogens is 2. The Morgan fingerprint density at radius 1 is 1.47 bits per heavy atom. The largest absolute Gasteiger partial charge is 0.351 e. The molecule has 17 heavy (non-hydrogen) atoms. The first-order valence-corrected chi connectivity index (χ1v) is 6.38. The summed E-state index contributed by atoms with van der Waals surface area (Å²) in [4.78, 5) is 11.9. The Labute approximate surface area is 110 Å². The Balaban J connectivity index is 2.71. The van der Waals surface area contributed by atoms with Crippen LogP contribution in [0.15, 0.2) is 22.7 Å². The van der Waals surface area contributed by atoms with E-state index in [0.717, 1.165) is 6.42 Å². The van der Waals surface area contributed by atoms with Gasteiger partial charge in [-0.3, -0.25) is 4.79 Å². The predicted molar refractivity (Wildman–Crippen MR) is 70.5 cm³/mol. The van der Waals surface area contributed by atoms with Crippen LogP contribution in [0.2, 0.25) is 0 Å². The van der Waals surface area contributed by atoms with E-state index >= 15 is 0 Å². The Morgan fingerprint density at radius 2 is 2.12 bits per heavy atom. The minimum Gasteiger partial charge on any atom is -0.351 e. The normalized spacial score (nSPS) is 11.4. The molecule has 0 aromatic heterocycles. The second-order valence-corrected chi connectivity index (χ2v) is 5.68. The van der Waals surface area contributed by atoms with Crippen molar-refractivity contribution in [3.05, 3.63) is 34.1 Å². The van der Waals surface area contributed by atoms with E-state index in [1.807, 2.05) is 0 Å². The lowest BCUT2D eigenvalue weighted by molar-refractivity contribution is 0.0935. The lowest BCUT2D eigenvalue weighted by Gasteiger charge is -2.22. The highest BCUT2D eigenvalue weighted by Gasteiger charge is 2.17.